The summed E-state index contributed by atoms with van der Waals surface area (Å²) in [5.41, 5.74) is 0. The zero-order valence-electron chi connectivity index (χ0n) is 10.7. The van der Waals surface area contributed by atoms with Gasteiger partial charge in [-0.1, -0.05) is 13.8 Å². The molecule has 1 amide bonds. The van der Waals surface area contributed by atoms with Crippen LogP contribution in [0, 0.1) is 11.8 Å². The van der Waals surface area contributed by atoms with Crippen LogP contribution in [-0.4, -0.2) is 36.8 Å². The van der Waals surface area contributed by atoms with Crippen LogP contribution < -0.4 is 10.6 Å². The minimum absolute atomic E-state index is 0. The van der Waals surface area contributed by atoms with Crippen molar-refractivity contribution in [1.82, 2.24) is 10.6 Å². The summed E-state index contributed by atoms with van der Waals surface area (Å²) in [6.45, 7) is 6.15. The first-order chi connectivity index (χ1) is 7.65. The van der Waals surface area contributed by atoms with Gasteiger partial charge in [-0.2, -0.15) is 0 Å². The monoisotopic (exact) mass is 264 g/mol. The molecule has 17 heavy (non-hydrogen) atoms. The number of amides is 1. The molecule has 0 saturated carbocycles. The number of halogens is 1. The van der Waals surface area contributed by atoms with Crippen LogP contribution in [-0.2, 0) is 4.79 Å². The lowest BCUT2D eigenvalue weighted by Gasteiger charge is -2.27. The SMILES string of the molecule is CC(C)C(CCO)NC(=O)C1CCNCC1.Cl. The van der Waals surface area contributed by atoms with Gasteiger partial charge in [-0.05, 0) is 38.3 Å². The molecule has 1 fully saturated rings. The van der Waals surface area contributed by atoms with Gasteiger partial charge in [0, 0.05) is 18.6 Å². The zero-order chi connectivity index (χ0) is 12.0. The summed E-state index contributed by atoms with van der Waals surface area (Å²) >= 11 is 0. The standard InChI is InChI=1S/C12H24N2O2.ClH/c1-9(2)11(5-8-15)14-12(16)10-3-6-13-7-4-10;/h9-11,13,15H,3-8H2,1-2H3,(H,14,16);1H. The second-order valence-electron chi connectivity index (χ2n) is 4.90. The highest BCUT2D eigenvalue weighted by molar-refractivity contribution is 5.85. The third-order valence-electron chi connectivity index (χ3n) is 3.28. The van der Waals surface area contributed by atoms with E-state index >= 15 is 0 Å². The Morgan fingerprint density at radius 3 is 2.47 bits per heavy atom. The van der Waals surface area contributed by atoms with E-state index in [1.54, 1.807) is 0 Å². The summed E-state index contributed by atoms with van der Waals surface area (Å²) in [5, 5.41) is 15.3. The number of aliphatic hydroxyl groups excluding tert-OH is 1. The fraction of sp³-hybridized carbons (Fsp3) is 0.917. The maximum atomic E-state index is 12.0. The molecule has 0 aromatic rings. The van der Waals surface area contributed by atoms with E-state index in [9.17, 15) is 4.79 Å². The molecule has 102 valence electrons. The maximum absolute atomic E-state index is 12.0. The number of hydrogen-bond donors (Lipinski definition) is 3. The van der Waals surface area contributed by atoms with Crippen LogP contribution in [0.3, 0.4) is 0 Å². The Morgan fingerprint density at radius 1 is 1.41 bits per heavy atom. The molecule has 0 bridgehead atoms. The van der Waals surface area contributed by atoms with Crippen LogP contribution in [0.15, 0.2) is 0 Å². The van der Waals surface area contributed by atoms with Crippen LogP contribution in [0.1, 0.15) is 33.1 Å². The average Bonchev–Trinajstić information content (AvgIpc) is 2.29. The topological polar surface area (TPSA) is 61.4 Å². The first-order valence-corrected chi connectivity index (χ1v) is 6.27. The average molecular weight is 265 g/mol. The van der Waals surface area contributed by atoms with Crippen molar-refractivity contribution >= 4 is 18.3 Å². The molecule has 1 atom stereocenters. The van der Waals surface area contributed by atoms with Gasteiger partial charge in [-0.3, -0.25) is 4.79 Å². The van der Waals surface area contributed by atoms with Crippen molar-refractivity contribution < 1.29 is 9.90 Å². The van der Waals surface area contributed by atoms with Crippen molar-refractivity contribution in [1.29, 1.82) is 0 Å². The molecule has 0 radical (unpaired) electrons. The minimum atomic E-state index is 0. The van der Waals surface area contributed by atoms with E-state index in [4.69, 9.17) is 5.11 Å². The predicted octanol–water partition coefficient (Wildman–Crippen LogP) is 0.931. The first-order valence-electron chi connectivity index (χ1n) is 6.27. The highest BCUT2D eigenvalue weighted by Gasteiger charge is 2.24. The number of carbonyl (C=O) groups excluding carboxylic acids is 1. The molecule has 0 aliphatic carbocycles. The molecule has 1 aliphatic heterocycles. The van der Waals surface area contributed by atoms with Crippen LogP contribution in [0.4, 0.5) is 0 Å². The van der Waals surface area contributed by atoms with Crippen LogP contribution in [0.5, 0.6) is 0 Å². The number of aliphatic hydroxyl groups is 1. The molecule has 0 aromatic carbocycles. The summed E-state index contributed by atoms with van der Waals surface area (Å²) < 4.78 is 0. The van der Waals surface area contributed by atoms with Crippen molar-refractivity contribution in [2.24, 2.45) is 11.8 Å². The summed E-state index contributed by atoms with van der Waals surface area (Å²) in [5.74, 6) is 0.688. The molecule has 0 spiro atoms. The van der Waals surface area contributed by atoms with E-state index in [0.29, 0.717) is 12.3 Å². The van der Waals surface area contributed by atoms with Gasteiger partial charge in [0.05, 0.1) is 0 Å². The van der Waals surface area contributed by atoms with E-state index in [1.807, 2.05) is 0 Å². The highest BCUT2D eigenvalue weighted by Crippen LogP contribution is 2.13. The Kier molecular flexibility index (Phi) is 8.56. The van der Waals surface area contributed by atoms with Crippen molar-refractivity contribution in [2.45, 2.75) is 39.2 Å². The van der Waals surface area contributed by atoms with E-state index in [0.717, 1.165) is 25.9 Å². The Labute approximate surface area is 110 Å². The Morgan fingerprint density at radius 2 is 2.00 bits per heavy atom. The smallest absolute Gasteiger partial charge is 0.223 e. The summed E-state index contributed by atoms with van der Waals surface area (Å²) in [7, 11) is 0. The third-order valence-corrected chi connectivity index (χ3v) is 3.28. The third kappa shape index (κ3) is 5.70. The molecule has 1 aliphatic rings. The van der Waals surface area contributed by atoms with Gasteiger partial charge in [0.1, 0.15) is 0 Å². The number of hydrogen-bond acceptors (Lipinski definition) is 3. The van der Waals surface area contributed by atoms with Crippen molar-refractivity contribution in [2.75, 3.05) is 19.7 Å². The Hall–Kier alpha value is -0.320. The number of nitrogens with one attached hydrogen (secondary N) is 2. The second-order valence-corrected chi connectivity index (χ2v) is 4.90. The molecular formula is C12H25ClN2O2. The minimum Gasteiger partial charge on any atom is -0.396 e. The molecule has 4 nitrogen and oxygen atoms in total. The van der Waals surface area contributed by atoms with E-state index in [2.05, 4.69) is 24.5 Å². The summed E-state index contributed by atoms with van der Waals surface area (Å²) in [6, 6.07) is 0.104. The molecule has 3 N–H and O–H groups in total. The molecular weight excluding hydrogens is 240 g/mol. The van der Waals surface area contributed by atoms with E-state index < -0.39 is 0 Å². The van der Waals surface area contributed by atoms with Gasteiger partial charge >= 0.3 is 0 Å². The van der Waals surface area contributed by atoms with Crippen molar-refractivity contribution in [3.63, 3.8) is 0 Å². The zero-order valence-corrected chi connectivity index (χ0v) is 11.6. The van der Waals surface area contributed by atoms with Crippen molar-refractivity contribution in [3.8, 4) is 0 Å². The van der Waals surface area contributed by atoms with Crippen LogP contribution in [0.2, 0.25) is 0 Å². The summed E-state index contributed by atoms with van der Waals surface area (Å²) in [4.78, 5) is 12.0. The van der Waals surface area contributed by atoms with Crippen LogP contribution in [0.25, 0.3) is 0 Å². The number of carbonyl (C=O) groups is 1. The number of rotatable bonds is 5. The van der Waals surface area contributed by atoms with Gasteiger partial charge in [0.2, 0.25) is 5.91 Å². The molecule has 5 heteroatoms. The van der Waals surface area contributed by atoms with Crippen LogP contribution >= 0.6 is 12.4 Å². The predicted molar refractivity (Wildman–Crippen MR) is 71.3 cm³/mol. The lowest BCUT2D eigenvalue weighted by Crippen LogP contribution is -2.45. The van der Waals surface area contributed by atoms with Gasteiger partial charge in [0.15, 0.2) is 0 Å². The molecule has 1 rings (SSSR count). The van der Waals surface area contributed by atoms with Crippen molar-refractivity contribution in [3.05, 3.63) is 0 Å². The fourth-order valence-electron chi connectivity index (χ4n) is 2.10. The first kappa shape index (κ1) is 16.7. The van der Waals surface area contributed by atoms with E-state index in [-0.39, 0.29) is 36.9 Å². The molecule has 1 saturated heterocycles. The molecule has 1 unspecified atom stereocenters. The van der Waals surface area contributed by atoms with E-state index in [1.165, 1.54) is 0 Å². The largest absolute Gasteiger partial charge is 0.396 e. The molecule has 1 heterocycles. The number of piperidine rings is 1. The quantitative estimate of drug-likeness (QED) is 0.692. The maximum Gasteiger partial charge on any atom is 0.223 e. The fourth-order valence-corrected chi connectivity index (χ4v) is 2.10. The Balaban J connectivity index is 0.00000256. The highest BCUT2D eigenvalue weighted by atomic mass is 35.5. The van der Waals surface area contributed by atoms with Gasteiger partial charge in [-0.25, -0.2) is 0 Å². The molecule has 0 aromatic heterocycles. The van der Waals surface area contributed by atoms with Gasteiger partial charge in [0.25, 0.3) is 0 Å². The normalized spacial score (nSPS) is 18.6. The Bertz CT molecular complexity index is 219. The lowest BCUT2D eigenvalue weighted by molar-refractivity contribution is -0.126. The van der Waals surface area contributed by atoms with Gasteiger partial charge in [-0.15, -0.1) is 12.4 Å². The lowest BCUT2D eigenvalue weighted by atomic mass is 9.95. The second kappa shape index (κ2) is 8.72. The van der Waals surface area contributed by atoms with Gasteiger partial charge < -0.3 is 15.7 Å². The summed E-state index contributed by atoms with van der Waals surface area (Å²) in [6.07, 6.45) is 2.50.